The lowest BCUT2D eigenvalue weighted by Gasteiger charge is -2.37. The van der Waals surface area contributed by atoms with E-state index >= 15 is 0 Å². The summed E-state index contributed by atoms with van der Waals surface area (Å²) in [4.78, 5) is 0. The quantitative estimate of drug-likeness (QED) is 0.293. The van der Waals surface area contributed by atoms with E-state index in [-0.39, 0.29) is 15.8 Å². The van der Waals surface area contributed by atoms with Crippen LogP contribution in [0.2, 0.25) is 0 Å². The van der Waals surface area contributed by atoms with Crippen LogP contribution in [0.25, 0.3) is 0 Å². The van der Waals surface area contributed by atoms with Crippen LogP contribution in [0.1, 0.15) is 59.3 Å². The zero-order valence-corrected chi connectivity index (χ0v) is 19.9. The van der Waals surface area contributed by atoms with Crippen molar-refractivity contribution in [1.82, 2.24) is 0 Å². The van der Waals surface area contributed by atoms with Crippen molar-refractivity contribution < 1.29 is 0 Å². The van der Waals surface area contributed by atoms with Gasteiger partial charge in [-0.1, -0.05) is 82.5 Å². The summed E-state index contributed by atoms with van der Waals surface area (Å²) in [6.45, 7) is 11.8. The zero-order chi connectivity index (χ0) is 19.7. The Hall–Kier alpha value is -0.440. The van der Waals surface area contributed by atoms with Crippen LogP contribution in [0.5, 0.6) is 0 Å². The fraction of sp³-hybridized carbons (Fsp3) is 0.615. The van der Waals surface area contributed by atoms with Crippen LogP contribution < -0.4 is 0 Å². The molecule has 0 aromatic carbocycles. The SMILES string of the molecule is C=C1CC=C[C@@H]1P(CCP([C@@H]1C=CC[C@@H]1C)[C@H]1CCC=C1C)[C@@H]1CCC=C1C. The van der Waals surface area contributed by atoms with E-state index in [1.165, 1.54) is 50.0 Å². The summed E-state index contributed by atoms with van der Waals surface area (Å²) in [6.07, 6.45) is 25.9. The second-order valence-electron chi connectivity index (χ2n) is 9.43. The number of hydrogen-bond donors (Lipinski definition) is 0. The Balaban J connectivity index is 1.53. The molecule has 0 fully saturated rings. The second-order valence-corrected chi connectivity index (χ2v) is 14.8. The van der Waals surface area contributed by atoms with Gasteiger partial charge in [0.15, 0.2) is 0 Å². The lowest BCUT2D eigenvalue weighted by Crippen LogP contribution is -2.22. The first kappa shape index (κ1) is 20.8. The van der Waals surface area contributed by atoms with E-state index < -0.39 is 0 Å². The monoisotopic (exact) mass is 412 g/mol. The molecule has 4 aliphatic rings. The molecule has 152 valence electrons. The molecule has 0 aromatic heterocycles. The fourth-order valence-electron chi connectivity index (χ4n) is 5.90. The van der Waals surface area contributed by atoms with E-state index in [1.54, 1.807) is 11.1 Å². The van der Waals surface area contributed by atoms with Crippen molar-refractivity contribution in [3.63, 3.8) is 0 Å². The molecule has 0 radical (unpaired) electrons. The largest absolute Gasteiger partial charge is 0.0986 e. The van der Waals surface area contributed by atoms with Gasteiger partial charge in [-0.15, -0.1) is 0 Å². The lowest BCUT2D eigenvalue weighted by atomic mass is 10.1. The normalized spacial score (nSPS) is 36.8. The first-order valence-corrected chi connectivity index (χ1v) is 14.7. The summed E-state index contributed by atoms with van der Waals surface area (Å²) < 4.78 is 0. The lowest BCUT2D eigenvalue weighted by molar-refractivity contribution is 0.639. The number of allylic oxidation sites excluding steroid dienone is 9. The molecule has 0 N–H and O–H groups in total. The molecule has 7 atom stereocenters. The van der Waals surface area contributed by atoms with Crippen molar-refractivity contribution in [2.24, 2.45) is 5.92 Å². The van der Waals surface area contributed by atoms with E-state index in [0.717, 1.165) is 29.3 Å². The molecule has 4 rings (SSSR count). The van der Waals surface area contributed by atoms with Gasteiger partial charge >= 0.3 is 0 Å². The van der Waals surface area contributed by atoms with Gasteiger partial charge in [0, 0.05) is 22.6 Å². The van der Waals surface area contributed by atoms with E-state index in [2.05, 4.69) is 63.8 Å². The topological polar surface area (TPSA) is 0 Å². The minimum absolute atomic E-state index is 0.0134. The van der Waals surface area contributed by atoms with Crippen molar-refractivity contribution >= 4 is 15.8 Å². The van der Waals surface area contributed by atoms with E-state index in [0.29, 0.717) is 5.66 Å². The van der Waals surface area contributed by atoms with Crippen LogP contribution in [-0.4, -0.2) is 35.0 Å². The predicted molar refractivity (Wildman–Crippen MR) is 131 cm³/mol. The molecule has 0 aromatic rings. The molecule has 0 bridgehead atoms. The minimum Gasteiger partial charge on any atom is -0.0986 e. The highest BCUT2D eigenvalue weighted by molar-refractivity contribution is 7.64. The van der Waals surface area contributed by atoms with Crippen LogP contribution in [0.4, 0.5) is 0 Å². The molecule has 0 aliphatic heterocycles. The highest BCUT2D eigenvalue weighted by atomic mass is 31.1. The van der Waals surface area contributed by atoms with Gasteiger partial charge in [0.1, 0.15) is 0 Å². The van der Waals surface area contributed by atoms with Gasteiger partial charge < -0.3 is 0 Å². The fourth-order valence-corrected chi connectivity index (χ4v) is 14.0. The Bertz CT molecular complexity index is 708. The molecule has 0 spiro atoms. The molecule has 2 heteroatoms. The minimum atomic E-state index is -0.0134. The molecule has 0 saturated carbocycles. The van der Waals surface area contributed by atoms with Crippen molar-refractivity contribution in [3.8, 4) is 0 Å². The van der Waals surface area contributed by atoms with E-state index in [1.807, 2.05) is 0 Å². The van der Waals surface area contributed by atoms with Gasteiger partial charge in [-0.2, -0.15) is 0 Å². The standard InChI is InChI=1S/C26H38P2/c1-19-9-5-13-23(19)27(24-14-6-10-20(24)2)17-18-28(25-15-7-11-21(25)3)26-16-8-12-22(26)4/h5,7,10,12-13,15,21,23-26H,1,6,8-9,11,14,16-18H2,2-4H3/t21-,23-,24+,25+,26-,27?,28?/m0/s1. The maximum atomic E-state index is 4.48. The maximum absolute atomic E-state index is 4.48. The Labute approximate surface area is 175 Å². The van der Waals surface area contributed by atoms with Gasteiger partial charge in [-0.05, 0) is 70.6 Å². The van der Waals surface area contributed by atoms with Crippen LogP contribution in [0.15, 0.2) is 59.8 Å². The third-order valence-corrected chi connectivity index (χ3v) is 15.0. The van der Waals surface area contributed by atoms with Crippen molar-refractivity contribution in [1.29, 1.82) is 0 Å². The molecule has 4 aliphatic carbocycles. The van der Waals surface area contributed by atoms with Crippen LogP contribution >= 0.6 is 15.8 Å². The summed E-state index contributed by atoms with van der Waals surface area (Å²) in [5.41, 5.74) is 8.20. The molecule has 0 saturated heterocycles. The average molecular weight is 413 g/mol. The molecular weight excluding hydrogens is 374 g/mol. The van der Waals surface area contributed by atoms with Crippen LogP contribution in [0.3, 0.4) is 0 Å². The van der Waals surface area contributed by atoms with Gasteiger partial charge in [0.2, 0.25) is 0 Å². The first-order valence-electron chi connectivity index (χ1n) is 11.4. The van der Waals surface area contributed by atoms with Gasteiger partial charge in [-0.25, -0.2) is 0 Å². The number of rotatable bonds is 7. The highest BCUT2D eigenvalue weighted by Gasteiger charge is 2.38. The predicted octanol–water partition coefficient (Wildman–Crippen LogP) is 8.02. The smallest absolute Gasteiger partial charge is 0.0186 e. The van der Waals surface area contributed by atoms with Crippen molar-refractivity contribution in [3.05, 3.63) is 59.8 Å². The van der Waals surface area contributed by atoms with Crippen LogP contribution in [-0.2, 0) is 0 Å². The van der Waals surface area contributed by atoms with Crippen LogP contribution in [0, 0.1) is 5.92 Å². The van der Waals surface area contributed by atoms with E-state index in [4.69, 9.17) is 0 Å². The number of hydrogen-bond acceptors (Lipinski definition) is 0. The maximum Gasteiger partial charge on any atom is 0.0186 e. The Morgan fingerprint density at radius 1 is 0.929 bits per heavy atom. The van der Waals surface area contributed by atoms with Gasteiger partial charge in [0.05, 0.1) is 0 Å². The van der Waals surface area contributed by atoms with Crippen molar-refractivity contribution in [2.45, 2.75) is 81.9 Å². The van der Waals surface area contributed by atoms with Crippen molar-refractivity contribution in [2.75, 3.05) is 12.3 Å². The third-order valence-electron chi connectivity index (χ3n) is 7.56. The first-order chi connectivity index (χ1) is 13.6. The molecule has 0 amide bonds. The van der Waals surface area contributed by atoms with E-state index in [9.17, 15) is 0 Å². The molecule has 2 unspecified atom stereocenters. The summed E-state index contributed by atoms with van der Waals surface area (Å²) >= 11 is 0. The highest BCUT2D eigenvalue weighted by Crippen LogP contribution is 2.62. The Kier molecular flexibility index (Phi) is 6.80. The summed E-state index contributed by atoms with van der Waals surface area (Å²) in [6, 6.07) is 0. The Morgan fingerprint density at radius 2 is 1.57 bits per heavy atom. The average Bonchev–Trinajstić information content (AvgIpc) is 3.45. The van der Waals surface area contributed by atoms with Gasteiger partial charge in [0.25, 0.3) is 0 Å². The summed E-state index contributed by atoms with van der Waals surface area (Å²) in [5.74, 6) is 0.861. The zero-order valence-electron chi connectivity index (χ0n) is 18.1. The molecule has 0 heterocycles. The summed E-state index contributed by atoms with van der Waals surface area (Å²) in [5, 5.41) is 0. The molecular formula is C26H38P2. The van der Waals surface area contributed by atoms with Gasteiger partial charge in [-0.3, -0.25) is 0 Å². The Morgan fingerprint density at radius 3 is 2.07 bits per heavy atom. The molecule has 0 nitrogen and oxygen atoms in total. The molecule has 28 heavy (non-hydrogen) atoms. The third kappa shape index (κ3) is 4.20. The summed E-state index contributed by atoms with van der Waals surface area (Å²) in [7, 11) is 0.0431. The second kappa shape index (κ2) is 9.14.